The van der Waals surface area contributed by atoms with Gasteiger partial charge in [-0.1, -0.05) is 12.1 Å². The smallest absolute Gasteiger partial charge is 0.136 e. The van der Waals surface area contributed by atoms with Crippen molar-refractivity contribution in [2.24, 2.45) is 5.73 Å². The third kappa shape index (κ3) is 3.87. The predicted molar refractivity (Wildman–Crippen MR) is 103 cm³/mol. The largest absolute Gasteiger partial charge is 0.390 e. The second-order valence-electron chi connectivity index (χ2n) is 6.14. The van der Waals surface area contributed by atoms with E-state index in [1.54, 1.807) is 6.20 Å². The van der Waals surface area contributed by atoms with Gasteiger partial charge in [-0.25, -0.2) is 4.98 Å². The number of nitrogens with one attached hydrogen (secondary N) is 1. The van der Waals surface area contributed by atoms with Crippen LogP contribution in [0, 0.1) is 0 Å². The zero-order chi connectivity index (χ0) is 17.8. The van der Waals surface area contributed by atoms with Crippen LogP contribution in [0.15, 0.2) is 48.7 Å². The highest BCUT2D eigenvalue weighted by atomic mass is 16.3. The third-order valence-corrected chi connectivity index (χ3v) is 4.06. The summed E-state index contributed by atoms with van der Waals surface area (Å²) in [5, 5.41) is 13.8. The van der Waals surface area contributed by atoms with Crippen LogP contribution in [0.5, 0.6) is 0 Å². The van der Waals surface area contributed by atoms with E-state index < -0.39 is 6.10 Å². The van der Waals surface area contributed by atoms with Gasteiger partial charge in [0, 0.05) is 50.0 Å². The second-order valence-corrected chi connectivity index (χ2v) is 6.14. The molecule has 0 aliphatic heterocycles. The zero-order valence-corrected chi connectivity index (χ0v) is 14.5. The van der Waals surface area contributed by atoms with Crippen molar-refractivity contribution in [2.45, 2.75) is 6.10 Å². The zero-order valence-electron chi connectivity index (χ0n) is 14.5. The van der Waals surface area contributed by atoms with E-state index in [1.165, 1.54) is 0 Å². The molecule has 0 saturated heterocycles. The lowest BCUT2D eigenvalue weighted by molar-refractivity contribution is 0.196. The molecule has 0 unspecified atom stereocenters. The number of hydrogen-bond donors (Lipinski definition) is 3. The summed E-state index contributed by atoms with van der Waals surface area (Å²) in [5.41, 5.74) is 9.32. The van der Waals surface area contributed by atoms with Gasteiger partial charge in [-0.2, -0.15) is 0 Å². The lowest BCUT2D eigenvalue weighted by Gasteiger charge is -2.15. The molecule has 4 N–H and O–H groups in total. The van der Waals surface area contributed by atoms with Gasteiger partial charge in [0.15, 0.2) is 0 Å². The Morgan fingerprint density at radius 1 is 1.20 bits per heavy atom. The maximum absolute atomic E-state index is 9.72. The molecule has 0 saturated carbocycles. The van der Waals surface area contributed by atoms with Crippen molar-refractivity contribution in [1.29, 1.82) is 0 Å². The molecule has 0 radical (unpaired) electrons. The van der Waals surface area contributed by atoms with Gasteiger partial charge in [-0.3, -0.25) is 4.98 Å². The SMILES string of the molecule is CN(C)c1ccc(-c2cc3ncccc3c(NC[C@H](O)CN)n2)cc1. The molecule has 2 aromatic heterocycles. The Hall–Kier alpha value is -2.70. The molecule has 0 aliphatic carbocycles. The van der Waals surface area contributed by atoms with Crippen LogP contribution in [0.25, 0.3) is 22.2 Å². The van der Waals surface area contributed by atoms with Crippen LogP contribution in [0.4, 0.5) is 11.5 Å². The number of aliphatic hydroxyl groups excluding tert-OH is 1. The predicted octanol–water partition coefficient (Wildman–Crippen LogP) is 2.09. The number of fused-ring (bicyclic) bond motifs is 1. The van der Waals surface area contributed by atoms with Crippen LogP contribution in [-0.2, 0) is 0 Å². The summed E-state index contributed by atoms with van der Waals surface area (Å²) in [7, 11) is 4.02. The normalized spacial score (nSPS) is 12.2. The van der Waals surface area contributed by atoms with Crippen LogP contribution in [0.1, 0.15) is 0 Å². The fraction of sp³-hybridized carbons (Fsp3) is 0.263. The lowest BCUT2D eigenvalue weighted by Crippen LogP contribution is -2.28. The Labute approximate surface area is 147 Å². The van der Waals surface area contributed by atoms with Crippen LogP contribution in [0.2, 0.25) is 0 Å². The number of nitrogens with two attached hydrogens (primary N) is 1. The molecule has 130 valence electrons. The molecule has 0 aliphatic rings. The minimum absolute atomic E-state index is 0.203. The van der Waals surface area contributed by atoms with E-state index in [-0.39, 0.29) is 6.54 Å². The van der Waals surface area contributed by atoms with E-state index in [0.717, 1.165) is 27.8 Å². The second kappa shape index (κ2) is 7.46. The maximum atomic E-state index is 9.72. The van der Waals surface area contributed by atoms with E-state index in [0.29, 0.717) is 12.4 Å². The highest BCUT2D eigenvalue weighted by molar-refractivity contribution is 5.92. The monoisotopic (exact) mass is 337 g/mol. The molecule has 2 heterocycles. The van der Waals surface area contributed by atoms with Gasteiger partial charge in [0.25, 0.3) is 0 Å². The summed E-state index contributed by atoms with van der Waals surface area (Å²) in [6, 6.07) is 14.0. The van der Waals surface area contributed by atoms with E-state index in [4.69, 9.17) is 10.7 Å². The van der Waals surface area contributed by atoms with Gasteiger partial charge in [0.1, 0.15) is 5.82 Å². The first-order valence-electron chi connectivity index (χ1n) is 8.24. The molecular weight excluding hydrogens is 314 g/mol. The third-order valence-electron chi connectivity index (χ3n) is 4.06. The average Bonchev–Trinajstić information content (AvgIpc) is 2.65. The highest BCUT2D eigenvalue weighted by Gasteiger charge is 2.10. The minimum Gasteiger partial charge on any atom is -0.390 e. The van der Waals surface area contributed by atoms with Crippen molar-refractivity contribution in [3.8, 4) is 11.3 Å². The molecule has 0 spiro atoms. The molecule has 1 aromatic carbocycles. The Morgan fingerprint density at radius 3 is 2.64 bits per heavy atom. The lowest BCUT2D eigenvalue weighted by atomic mass is 10.1. The first-order chi connectivity index (χ1) is 12.1. The van der Waals surface area contributed by atoms with Crippen molar-refractivity contribution in [3.05, 3.63) is 48.7 Å². The summed E-state index contributed by atoms with van der Waals surface area (Å²) >= 11 is 0. The summed E-state index contributed by atoms with van der Waals surface area (Å²) in [4.78, 5) is 11.2. The van der Waals surface area contributed by atoms with Gasteiger partial charge in [0.2, 0.25) is 0 Å². The first kappa shape index (κ1) is 17.1. The number of nitrogens with zero attached hydrogens (tertiary/aromatic N) is 3. The fourth-order valence-corrected chi connectivity index (χ4v) is 2.59. The molecule has 0 amide bonds. The Morgan fingerprint density at radius 2 is 1.96 bits per heavy atom. The molecule has 0 bridgehead atoms. The maximum Gasteiger partial charge on any atom is 0.136 e. The fourth-order valence-electron chi connectivity index (χ4n) is 2.59. The number of anilines is 2. The van der Waals surface area contributed by atoms with Crippen molar-refractivity contribution in [1.82, 2.24) is 9.97 Å². The van der Waals surface area contributed by atoms with E-state index in [1.807, 2.05) is 44.4 Å². The first-order valence-corrected chi connectivity index (χ1v) is 8.24. The van der Waals surface area contributed by atoms with Crippen molar-refractivity contribution in [3.63, 3.8) is 0 Å². The number of pyridine rings is 2. The average molecular weight is 337 g/mol. The molecule has 6 nitrogen and oxygen atoms in total. The van der Waals surface area contributed by atoms with Crippen LogP contribution in [0.3, 0.4) is 0 Å². The standard InChI is InChI=1S/C19H23N5O/c1-24(2)14-7-5-13(6-8-14)17-10-18-16(4-3-9-21-18)19(23-17)22-12-15(25)11-20/h3-10,15,25H,11-12,20H2,1-2H3,(H,22,23)/t15-/m1/s1. The van der Waals surface area contributed by atoms with Gasteiger partial charge < -0.3 is 21.1 Å². The van der Waals surface area contributed by atoms with Gasteiger partial charge in [-0.05, 0) is 30.3 Å². The van der Waals surface area contributed by atoms with Crippen LogP contribution >= 0.6 is 0 Å². The Bertz CT molecular complexity index is 848. The summed E-state index contributed by atoms with van der Waals surface area (Å²) in [5.74, 6) is 0.699. The van der Waals surface area contributed by atoms with Gasteiger partial charge >= 0.3 is 0 Å². The highest BCUT2D eigenvalue weighted by Crippen LogP contribution is 2.27. The summed E-state index contributed by atoms with van der Waals surface area (Å²) < 4.78 is 0. The Kier molecular flexibility index (Phi) is 5.11. The van der Waals surface area contributed by atoms with Crippen LogP contribution in [-0.4, -0.2) is 48.4 Å². The summed E-state index contributed by atoms with van der Waals surface area (Å²) in [6.45, 7) is 0.547. The van der Waals surface area contributed by atoms with Gasteiger partial charge in [-0.15, -0.1) is 0 Å². The molecule has 1 atom stereocenters. The topological polar surface area (TPSA) is 87.3 Å². The van der Waals surface area contributed by atoms with E-state index in [2.05, 4.69) is 27.3 Å². The number of rotatable bonds is 6. The van der Waals surface area contributed by atoms with Crippen molar-refractivity contribution < 1.29 is 5.11 Å². The summed E-state index contributed by atoms with van der Waals surface area (Å²) in [6.07, 6.45) is 1.15. The molecule has 3 rings (SSSR count). The molecular formula is C19H23N5O. The number of aliphatic hydroxyl groups is 1. The minimum atomic E-state index is -0.614. The number of hydrogen-bond acceptors (Lipinski definition) is 6. The number of aromatic nitrogens is 2. The molecule has 6 heteroatoms. The molecule has 3 aromatic rings. The van der Waals surface area contributed by atoms with E-state index >= 15 is 0 Å². The quantitative estimate of drug-likeness (QED) is 0.638. The van der Waals surface area contributed by atoms with Crippen molar-refractivity contribution in [2.75, 3.05) is 37.4 Å². The van der Waals surface area contributed by atoms with Crippen molar-refractivity contribution >= 4 is 22.4 Å². The van der Waals surface area contributed by atoms with E-state index in [9.17, 15) is 5.11 Å². The molecule has 25 heavy (non-hydrogen) atoms. The van der Waals surface area contributed by atoms with Crippen LogP contribution < -0.4 is 16.0 Å². The Balaban J connectivity index is 2.00. The number of benzene rings is 1. The molecule has 0 fully saturated rings. The van der Waals surface area contributed by atoms with Gasteiger partial charge in [0.05, 0.1) is 17.3 Å².